The van der Waals surface area contributed by atoms with E-state index in [1.807, 2.05) is 0 Å². The number of carboxylic acid groups (broad SMARTS) is 1. The fourth-order valence-electron chi connectivity index (χ4n) is 3.49. The summed E-state index contributed by atoms with van der Waals surface area (Å²) in [6, 6.07) is 0. The van der Waals surface area contributed by atoms with Crippen LogP contribution >= 0.6 is 0 Å². The van der Waals surface area contributed by atoms with Crippen LogP contribution in [0.3, 0.4) is 0 Å². The number of hydrogen-bond acceptors (Lipinski definition) is 4. The van der Waals surface area contributed by atoms with Gasteiger partial charge < -0.3 is 10.4 Å². The van der Waals surface area contributed by atoms with E-state index in [4.69, 9.17) is 0 Å². The van der Waals surface area contributed by atoms with E-state index in [0.717, 1.165) is 19.3 Å². The lowest BCUT2D eigenvalue weighted by atomic mass is 9.74. The van der Waals surface area contributed by atoms with Crippen molar-refractivity contribution in [1.82, 2.24) is 5.32 Å². The van der Waals surface area contributed by atoms with E-state index in [9.17, 15) is 23.1 Å². The topological polar surface area (TPSA) is 101 Å². The molecule has 1 amide bonds. The predicted molar refractivity (Wildman–Crippen MR) is 77.6 cm³/mol. The average molecular weight is 317 g/mol. The Morgan fingerprint density at radius 3 is 2.43 bits per heavy atom. The Morgan fingerprint density at radius 1 is 1.14 bits per heavy atom. The smallest absolute Gasteiger partial charge is 0.308 e. The number of sulfone groups is 1. The number of aliphatic carboxylic acids is 1. The van der Waals surface area contributed by atoms with Gasteiger partial charge in [0.05, 0.1) is 17.2 Å². The first-order valence-corrected chi connectivity index (χ1v) is 9.24. The number of carbonyl (C=O) groups excluding carboxylic acids is 1. The van der Waals surface area contributed by atoms with Crippen LogP contribution in [0.4, 0.5) is 0 Å². The van der Waals surface area contributed by atoms with Gasteiger partial charge in [-0.05, 0) is 32.6 Å². The number of nitrogens with one attached hydrogen (secondary N) is 1. The molecule has 0 aromatic carbocycles. The van der Waals surface area contributed by atoms with Crippen LogP contribution in [0.15, 0.2) is 0 Å². The third-order valence-corrected chi connectivity index (χ3v) is 6.96. The summed E-state index contributed by atoms with van der Waals surface area (Å²) in [4.78, 5) is 23.8. The first kappa shape index (κ1) is 16.3. The maximum absolute atomic E-state index is 12.4. The summed E-state index contributed by atoms with van der Waals surface area (Å²) in [5.74, 6) is -2.06. The van der Waals surface area contributed by atoms with Crippen molar-refractivity contribution in [2.75, 3.05) is 5.75 Å². The lowest BCUT2D eigenvalue weighted by Gasteiger charge is -2.40. The van der Waals surface area contributed by atoms with Gasteiger partial charge in [-0.3, -0.25) is 9.59 Å². The van der Waals surface area contributed by atoms with E-state index in [1.165, 1.54) is 0 Å². The molecule has 2 aliphatic rings. The highest BCUT2D eigenvalue weighted by atomic mass is 32.2. The second kappa shape index (κ2) is 5.94. The van der Waals surface area contributed by atoms with Gasteiger partial charge in [-0.15, -0.1) is 0 Å². The molecule has 1 aliphatic heterocycles. The average Bonchev–Trinajstić information content (AvgIpc) is 2.37. The highest BCUT2D eigenvalue weighted by molar-refractivity contribution is 7.92. The highest BCUT2D eigenvalue weighted by Crippen LogP contribution is 2.34. The van der Waals surface area contributed by atoms with Crippen LogP contribution in [0.1, 0.15) is 51.9 Å². The Kier molecular flexibility index (Phi) is 4.60. The zero-order chi connectivity index (χ0) is 15.7. The van der Waals surface area contributed by atoms with E-state index in [-0.39, 0.29) is 5.75 Å². The van der Waals surface area contributed by atoms with Gasteiger partial charge in [0.1, 0.15) is 5.25 Å². The van der Waals surface area contributed by atoms with Gasteiger partial charge in [-0.1, -0.05) is 19.3 Å². The van der Waals surface area contributed by atoms with Crippen LogP contribution < -0.4 is 5.32 Å². The molecule has 6 nitrogen and oxygen atoms in total. The summed E-state index contributed by atoms with van der Waals surface area (Å²) in [7, 11) is -3.40. The Balaban J connectivity index is 2.15. The third-order valence-electron chi connectivity index (χ3n) is 4.79. The molecule has 3 unspecified atom stereocenters. The van der Waals surface area contributed by atoms with Crippen LogP contribution in [-0.2, 0) is 19.4 Å². The van der Waals surface area contributed by atoms with Crippen molar-refractivity contribution in [3.05, 3.63) is 0 Å². The molecule has 0 bridgehead atoms. The molecule has 1 aliphatic carbocycles. The van der Waals surface area contributed by atoms with Crippen molar-refractivity contribution in [2.24, 2.45) is 5.92 Å². The van der Waals surface area contributed by atoms with Gasteiger partial charge in [-0.2, -0.15) is 0 Å². The number of rotatable bonds is 3. The summed E-state index contributed by atoms with van der Waals surface area (Å²) >= 11 is 0. The Bertz CT molecular complexity index is 529. The molecule has 2 fully saturated rings. The van der Waals surface area contributed by atoms with Crippen LogP contribution in [0.5, 0.6) is 0 Å². The minimum atomic E-state index is -3.40. The summed E-state index contributed by atoms with van der Waals surface area (Å²) < 4.78 is 24.0. The molecule has 1 saturated carbocycles. The molecular weight excluding hydrogens is 294 g/mol. The van der Waals surface area contributed by atoms with Crippen LogP contribution in [0.2, 0.25) is 0 Å². The first-order chi connectivity index (χ1) is 9.76. The number of carbonyl (C=O) groups is 2. The quantitative estimate of drug-likeness (QED) is 0.812. The maximum Gasteiger partial charge on any atom is 0.308 e. The molecule has 0 radical (unpaired) electrons. The molecule has 1 heterocycles. The summed E-state index contributed by atoms with van der Waals surface area (Å²) in [5, 5.41) is 11.1. The number of hydrogen-bond donors (Lipinski definition) is 2. The standard InChI is InChI=1S/C14H23NO5S/c1-14(8-4-2-6-10(14)13(17)18)15-12(16)11-7-3-5-9-21(11,19)20/h10-11H,2-9H2,1H3,(H,15,16)(H,17,18). The largest absolute Gasteiger partial charge is 0.481 e. The van der Waals surface area contributed by atoms with Gasteiger partial charge in [0.15, 0.2) is 9.84 Å². The van der Waals surface area contributed by atoms with E-state index < -0.39 is 38.4 Å². The first-order valence-electron chi connectivity index (χ1n) is 7.53. The molecule has 0 aromatic heterocycles. The summed E-state index contributed by atoms with van der Waals surface area (Å²) in [6.45, 7) is 1.72. The second-order valence-corrected chi connectivity index (χ2v) is 8.70. The lowest BCUT2D eigenvalue weighted by molar-refractivity contribution is -0.146. The third kappa shape index (κ3) is 3.39. The van der Waals surface area contributed by atoms with Gasteiger partial charge in [-0.25, -0.2) is 8.42 Å². The maximum atomic E-state index is 12.4. The Hall–Kier alpha value is -1.11. The van der Waals surface area contributed by atoms with Crippen LogP contribution in [0, 0.1) is 5.92 Å². The molecule has 7 heteroatoms. The Labute approximate surface area is 125 Å². The highest BCUT2D eigenvalue weighted by Gasteiger charge is 2.45. The molecule has 2 rings (SSSR count). The van der Waals surface area contributed by atoms with Crippen molar-refractivity contribution >= 4 is 21.7 Å². The van der Waals surface area contributed by atoms with E-state index in [2.05, 4.69) is 5.32 Å². The van der Waals surface area contributed by atoms with Crippen molar-refractivity contribution < 1.29 is 23.1 Å². The van der Waals surface area contributed by atoms with Gasteiger partial charge in [0.25, 0.3) is 0 Å². The van der Waals surface area contributed by atoms with Crippen molar-refractivity contribution in [2.45, 2.75) is 62.7 Å². The van der Waals surface area contributed by atoms with Gasteiger partial charge in [0, 0.05) is 0 Å². The number of carboxylic acids is 1. The lowest BCUT2D eigenvalue weighted by Crippen LogP contribution is -2.58. The van der Waals surface area contributed by atoms with E-state index in [0.29, 0.717) is 25.7 Å². The fraction of sp³-hybridized carbons (Fsp3) is 0.857. The van der Waals surface area contributed by atoms with E-state index in [1.54, 1.807) is 6.92 Å². The molecular formula is C14H23NO5S. The Morgan fingerprint density at radius 2 is 1.81 bits per heavy atom. The molecule has 21 heavy (non-hydrogen) atoms. The fourth-order valence-corrected chi connectivity index (χ4v) is 5.29. The van der Waals surface area contributed by atoms with E-state index >= 15 is 0 Å². The normalized spacial score (nSPS) is 35.9. The SMILES string of the molecule is CC1(NC(=O)C2CCCCS2(=O)=O)CCCCC1C(=O)O. The van der Waals surface area contributed by atoms with Gasteiger partial charge in [0.2, 0.25) is 5.91 Å². The van der Waals surface area contributed by atoms with Crippen molar-refractivity contribution in [1.29, 1.82) is 0 Å². The molecule has 1 saturated heterocycles. The number of amides is 1. The van der Waals surface area contributed by atoms with Crippen LogP contribution in [-0.4, -0.2) is 41.9 Å². The zero-order valence-corrected chi connectivity index (χ0v) is 13.1. The minimum absolute atomic E-state index is 0.0458. The molecule has 2 N–H and O–H groups in total. The minimum Gasteiger partial charge on any atom is -0.481 e. The second-order valence-electron chi connectivity index (χ2n) is 6.39. The molecule has 0 aromatic rings. The van der Waals surface area contributed by atoms with Crippen LogP contribution in [0.25, 0.3) is 0 Å². The molecule has 120 valence electrons. The summed E-state index contributed by atoms with van der Waals surface area (Å²) in [6.07, 6.45) is 4.41. The molecule has 3 atom stereocenters. The van der Waals surface area contributed by atoms with Crippen molar-refractivity contribution in [3.63, 3.8) is 0 Å². The van der Waals surface area contributed by atoms with Crippen molar-refractivity contribution in [3.8, 4) is 0 Å². The molecule has 0 spiro atoms. The monoisotopic (exact) mass is 317 g/mol. The summed E-state index contributed by atoms with van der Waals surface area (Å²) in [5.41, 5.74) is -0.853. The predicted octanol–water partition coefficient (Wildman–Crippen LogP) is 1.10. The zero-order valence-electron chi connectivity index (χ0n) is 12.3. The van der Waals surface area contributed by atoms with Gasteiger partial charge >= 0.3 is 5.97 Å².